The lowest BCUT2D eigenvalue weighted by molar-refractivity contribution is -0.136. The fourth-order valence-corrected chi connectivity index (χ4v) is 2.25. The van der Waals surface area contributed by atoms with E-state index < -0.39 is 0 Å². The van der Waals surface area contributed by atoms with Crippen LogP contribution in [0.25, 0.3) is 0 Å². The van der Waals surface area contributed by atoms with E-state index in [1.54, 1.807) is 12.0 Å². The second-order valence-electron chi connectivity index (χ2n) is 5.32. The first kappa shape index (κ1) is 18.0. The van der Waals surface area contributed by atoms with E-state index in [9.17, 15) is 9.59 Å². The molecule has 22 heavy (non-hydrogen) atoms. The quantitative estimate of drug-likeness (QED) is 0.799. The predicted octanol–water partition coefficient (Wildman–Crippen LogP) is 2.00. The molecule has 2 amide bonds. The summed E-state index contributed by atoms with van der Waals surface area (Å²) in [7, 11) is 1.63. The maximum absolute atomic E-state index is 12.0. The van der Waals surface area contributed by atoms with Crippen LogP contribution >= 0.6 is 0 Å². The summed E-state index contributed by atoms with van der Waals surface area (Å²) in [5, 5.41) is 2.86. The third-order valence-electron chi connectivity index (χ3n) is 3.75. The fourth-order valence-electron chi connectivity index (χ4n) is 2.25. The van der Waals surface area contributed by atoms with E-state index in [1.165, 1.54) is 6.92 Å². The molecule has 0 fully saturated rings. The number of nitrogens with one attached hydrogen (secondary N) is 1. The number of benzene rings is 1. The van der Waals surface area contributed by atoms with Gasteiger partial charge in [0.15, 0.2) is 0 Å². The van der Waals surface area contributed by atoms with Crippen LogP contribution in [0.5, 0.6) is 5.75 Å². The molecule has 1 unspecified atom stereocenters. The molecule has 0 bridgehead atoms. The molecule has 1 N–H and O–H groups in total. The number of carbonyl (C=O) groups excluding carboxylic acids is 2. The smallest absolute Gasteiger partial charge is 0.239 e. The Bertz CT molecular complexity index is 502. The Kier molecular flexibility index (Phi) is 7.43. The lowest BCUT2D eigenvalue weighted by atomic mass is 10.1. The molecule has 0 aliphatic rings. The maximum Gasteiger partial charge on any atom is 0.239 e. The third kappa shape index (κ3) is 5.39. The molecule has 0 aromatic heterocycles. The highest BCUT2D eigenvalue weighted by Crippen LogP contribution is 2.17. The highest BCUT2D eigenvalue weighted by Gasteiger charge is 2.18. The Labute approximate surface area is 132 Å². The molecule has 0 aliphatic carbocycles. The highest BCUT2D eigenvalue weighted by molar-refractivity contribution is 5.83. The molecule has 1 aromatic carbocycles. The molecule has 1 rings (SSSR count). The van der Waals surface area contributed by atoms with Gasteiger partial charge in [-0.3, -0.25) is 9.59 Å². The summed E-state index contributed by atoms with van der Waals surface area (Å²) in [6.07, 6.45) is 1.52. The summed E-state index contributed by atoms with van der Waals surface area (Å²) < 4.78 is 5.28. The van der Waals surface area contributed by atoms with Crippen LogP contribution in [-0.4, -0.2) is 43.0 Å². The van der Waals surface area contributed by atoms with Crippen LogP contribution in [-0.2, 0) is 16.0 Å². The van der Waals surface area contributed by atoms with Gasteiger partial charge in [-0.2, -0.15) is 0 Å². The lowest BCUT2D eigenvalue weighted by Crippen LogP contribution is -2.44. The Balaban J connectivity index is 2.47. The van der Waals surface area contributed by atoms with Gasteiger partial charge >= 0.3 is 0 Å². The minimum Gasteiger partial charge on any atom is -0.496 e. The van der Waals surface area contributed by atoms with Gasteiger partial charge in [0.1, 0.15) is 5.75 Å². The van der Waals surface area contributed by atoms with Crippen LogP contribution in [0.3, 0.4) is 0 Å². The molecule has 0 spiro atoms. The van der Waals surface area contributed by atoms with Crippen LogP contribution in [0.4, 0.5) is 0 Å². The molecule has 1 atom stereocenters. The number of hydrogen-bond acceptors (Lipinski definition) is 3. The first-order chi connectivity index (χ1) is 10.5. The van der Waals surface area contributed by atoms with E-state index in [0.29, 0.717) is 13.0 Å². The molecule has 122 valence electrons. The van der Waals surface area contributed by atoms with E-state index in [4.69, 9.17) is 4.74 Å². The average molecular weight is 306 g/mol. The van der Waals surface area contributed by atoms with Gasteiger partial charge < -0.3 is 15.0 Å². The monoisotopic (exact) mass is 306 g/mol. The predicted molar refractivity (Wildman–Crippen MR) is 86.8 cm³/mol. The van der Waals surface area contributed by atoms with Crippen molar-refractivity contribution in [1.29, 1.82) is 0 Å². The first-order valence-corrected chi connectivity index (χ1v) is 7.65. The van der Waals surface area contributed by atoms with E-state index in [-0.39, 0.29) is 24.4 Å². The second kappa shape index (κ2) is 9.07. The molecule has 0 saturated heterocycles. The topological polar surface area (TPSA) is 58.6 Å². The van der Waals surface area contributed by atoms with Crippen LogP contribution in [0.1, 0.15) is 32.8 Å². The number of carbonyl (C=O) groups is 2. The molecule has 0 radical (unpaired) electrons. The number of hydrogen-bond donors (Lipinski definition) is 1. The molecular weight excluding hydrogens is 280 g/mol. The van der Waals surface area contributed by atoms with Crippen LogP contribution in [0.2, 0.25) is 0 Å². The molecule has 1 aromatic rings. The molecular formula is C17H26N2O3. The van der Waals surface area contributed by atoms with E-state index in [0.717, 1.165) is 17.7 Å². The van der Waals surface area contributed by atoms with Crippen LogP contribution in [0, 0.1) is 0 Å². The number of ether oxygens (including phenoxy) is 1. The van der Waals surface area contributed by atoms with Crippen molar-refractivity contribution < 1.29 is 14.3 Å². The van der Waals surface area contributed by atoms with Gasteiger partial charge in [0, 0.05) is 19.5 Å². The SMILES string of the molecule is CCC(C)N(CC(=O)NCCc1ccccc1OC)C(C)=O. The summed E-state index contributed by atoms with van der Waals surface area (Å²) in [5.74, 6) is 0.612. The zero-order valence-electron chi connectivity index (χ0n) is 13.9. The van der Waals surface area contributed by atoms with Gasteiger partial charge in [-0.15, -0.1) is 0 Å². The standard InChI is InChI=1S/C17H26N2O3/c1-5-13(2)19(14(3)20)12-17(21)18-11-10-15-8-6-7-9-16(15)22-4/h6-9,13H,5,10-12H2,1-4H3,(H,18,21). The second-order valence-corrected chi connectivity index (χ2v) is 5.32. The summed E-state index contributed by atoms with van der Waals surface area (Å²) >= 11 is 0. The summed E-state index contributed by atoms with van der Waals surface area (Å²) in [4.78, 5) is 25.2. The van der Waals surface area contributed by atoms with Crippen molar-refractivity contribution in [2.75, 3.05) is 20.2 Å². The largest absolute Gasteiger partial charge is 0.496 e. The van der Waals surface area contributed by atoms with Crippen LogP contribution in [0.15, 0.2) is 24.3 Å². The first-order valence-electron chi connectivity index (χ1n) is 7.65. The van der Waals surface area contributed by atoms with E-state index in [1.807, 2.05) is 38.1 Å². The van der Waals surface area contributed by atoms with Crippen molar-refractivity contribution in [1.82, 2.24) is 10.2 Å². The number of rotatable bonds is 8. The Morgan fingerprint density at radius 2 is 2.00 bits per heavy atom. The van der Waals surface area contributed by atoms with Crippen molar-refractivity contribution in [3.8, 4) is 5.75 Å². The molecule has 5 heteroatoms. The van der Waals surface area contributed by atoms with Crippen molar-refractivity contribution in [3.63, 3.8) is 0 Å². The number of para-hydroxylation sites is 1. The summed E-state index contributed by atoms with van der Waals surface area (Å²) in [6.45, 7) is 6.07. The summed E-state index contributed by atoms with van der Waals surface area (Å²) in [6, 6.07) is 7.80. The molecule has 0 saturated carbocycles. The van der Waals surface area contributed by atoms with Crippen molar-refractivity contribution in [3.05, 3.63) is 29.8 Å². The van der Waals surface area contributed by atoms with Gasteiger partial charge in [0.25, 0.3) is 0 Å². The number of amides is 2. The molecule has 5 nitrogen and oxygen atoms in total. The van der Waals surface area contributed by atoms with Gasteiger partial charge in [-0.05, 0) is 31.4 Å². The zero-order valence-corrected chi connectivity index (χ0v) is 13.9. The Morgan fingerprint density at radius 1 is 1.32 bits per heavy atom. The average Bonchev–Trinajstić information content (AvgIpc) is 2.52. The van der Waals surface area contributed by atoms with Crippen molar-refractivity contribution in [2.24, 2.45) is 0 Å². The minimum atomic E-state index is -0.134. The van der Waals surface area contributed by atoms with Crippen molar-refractivity contribution in [2.45, 2.75) is 39.7 Å². The number of methoxy groups -OCH3 is 1. The minimum absolute atomic E-state index is 0.0671. The third-order valence-corrected chi connectivity index (χ3v) is 3.75. The van der Waals surface area contributed by atoms with Gasteiger partial charge in [-0.1, -0.05) is 25.1 Å². The van der Waals surface area contributed by atoms with Crippen molar-refractivity contribution >= 4 is 11.8 Å². The molecule has 0 heterocycles. The van der Waals surface area contributed by atoms with Crippen LogP contribution < -0.4 is 10.1 Å². The van der Waals surface area contributed by atoms with Gasteiger partial charge in [0.05, 0.1) is 13.7 Å². The normalized spacial score (nSPS) is 11.6. The van der Waals surface area contributed by atoms with E-state index >= 15 is 0 Å². The number of nitrogens with zero attached hydrogens (tertiary/aromatic N) is 1. The Hall–Kier alpha value is -2.04. The zero-order chi connectivity index (χ0) is 16.5. The van der Waals surface area contributed by atoms with Gasteiger partial charge in [-0.25, -0.2) is 0 Å². The fraction of sp³-hybridized carbons (Fsp3) is 0.529. The highest BCUT2D eigenvalue weighted by atomic mass is 16.5. The Morgan fingerprint density at radius 3 is 2.59 bits per heavy atom. The van der Waals surface area contributed by atoms with Gasteiger partial charge in [0.2, 0.25) is 11.8 Å². The summed E-state index contributed by atoms with van der Waals surface area (Å²) in [5.41, 5.74) is 1.05. The lowest BCUT2D eigenvalue weighted by Gasteiger charge is -2.26. The maximum atomic E-state index is 12.0. The van der Waals surface area contributed by atoms with E-state index in [2.05, 4.69) is 5.32 Å². The molecule has 0 aliphatic heterocycles.